The highest BCUT2D eigenvalue weighted by molar-refractivity contribution is 9.10. The molecule has 0 saturated carbocycles. The van der Waals surface area contributed by atoms with Gasteiger partial charge < -0.3 is 5.32 Å². The molecule has 0 heterocycles. The molecule has 1 N–H and O–H groups in total. The summed E-state index contributed by atoms with van der Waals surface area (Å²) in [6, 6.07) is 14.5. The average Bonchev–Trinajstić information content (AvgIpc) is 2.45. The van der Waals surface area contributed by atoms with E-state index in [1.54, 1.807) is 0 Å². The summed E-state index contributed by atoms with van der Waals surface area (Å²) in [5.41, 5.74) is 3.58. The van der Waals surface area contributed by atoms with Crippen molar-refractivity contribution in [1.29, 1.82) is 0 Å². The summed E-state index contributed by atoms with van der Waals surface area (Å²) in [5.74, 6) is 0. The third-order valence-electron chi connectivity index (χ3n) is 3.35. The maximum Gasteiger partial charge on any atom is 0.0602 e. The first kappa shape index (κ1) is 15.6. The Kier molecular flexibility index (Phi) is 5.64. The lowest BCUT2D eigenvalue weighted by Crippen LogP contribution is -2.24. The summed E-state index contributed by atoms with van der Waals surface area (Å²) in [5, 5.41) is 4.40. The molecular weight excluding hydrogens is 334 g/mol. The van der Waals surface area contributed by atoms with E-state index in [4.69, 9.17) is 11.6 Å². The summed E-state index contributed by atoms with van der Waals surface area (Å²) < 4.78 is 1.15. The van der Waals surface area contributed by atoms with Crippen molar-refractivity contribution in [3.63, 3.8) is 0 Å². The SMILES string of the molecule is CCCNC(c1ccccc1Cl)c1cccc(C)c1Br. The van der Waals surface area contributed by atoms with Crippen LogP contribution in [0.3, 0.4) is 0 Å². The molecule has 1 nitrogen and oxygen atoms in total. The van der Waals surface area contributed by atoms with Crippen LogP contribution in [0, 0.1) is 6.92 Å². The van der Waals surface area contributed by atoms with Crippen LogP contribution in [0.5, 0.6) is 0 Å². The fourth-order valence-electron chi connectivity index (χ4n) is 2.28. The normalized spacial score (nSPS) is 12.4. The van der Waals surface area contributed by atoms with E-state index in [2.05, 4.69) is 59.4 Å². The number of nitrogens with one attached hydrogen (secondary N) is 1. The minimum absolute atomic E-state index is 0.109. The molecule has 0 spiro atoms. The number of halogens is 2. The Labute approximate surface area is 134 Å². The standard InChI is InChI=1S/C17H19BrClN/c1-3-11-20-17(13-8-4-5-10-15(13)19)14-9-6-7-12(2)16(14)18/h4-10,17,20H,3,11H2,1-2H3. The van der Waals surface area contributed by atoms with Gasteiger partial charge in [0.2, 0.25) is 0 Å². The fourth-order valence-corrected chi connectivity index (χ4v) is 3.02. The Morgan fingerprint density at radius 2 is 1.80 bits per heavy atom. The third-order valence-corrected chi connectivity index (χ3v) is 4.77. The molecule has 0 aliphatic heterocycles. The molecule has 106 valence electrons. The molecule has 2 aromatic rings. The van der Waals surface area contributed by atoms with Gasteiger partial charge in [0.05, 0.1) is 6.04 Å². The van der Waals surface area contributed by atoms with E-state index >= 15 is 0 Å². The van der Waals surface area contributed by atoms with Gasteiger partial charge in [-0.1, -0.05) is 70.9 Å². The Balaban J connectivity index is 2.47. The fraction of sp³-hybridized carbons (Fsp3) is 0.294. The van der Waals surface area contributed by atoms with Gasteiger partial charge in [-0.15, -0.1) is 0 Å². The Morgan fingerprint density at radius 1 is 1.10 bits per heavy atom. The quantitative estimate of drug-likeness (QED) is 0.749. The van der Waals surface area contributed by atoms with Crippen LogP contribution in [0.2, 0.25) is 5.02 Å². The zero-order chi connectivity index (χ0) is 14.5. The van der Waals surface area contributed by atoms with E-state index in [0.717, 1.165) is 28.0 Å². The molecule has 1 unspecified atom stereocenters. The summed E-state index contributed by atoms with van der Waals surface area (Å²) in [4.78, 5) is 0. The largest absolute Gasteiger partial charge is 0.306 e. The molecule has 0 bridgehead atoms. The molecular formula is C17H19BrClN. The number of aryl methyl sites for hydroxylation is 1. The van der Waals surface area contributed by atoms with Crippen molar-refractivity contribution in [1.82, 2.24) is 5.32 Å². The van der Waals surface area contributed by atoms with Crippen molar-refractivity contribution in [3.8, 4) is 0 Å². The van der Waals surface area contributed by atoms with Crippen molar-refractivity contribution in [3.05, 3.63) is 68.7 Å². The van der Waals surface area contributed by atoms with Crippen LogP contribution in [-0.4, -0.2) is 6.54 Å². The van der Waals surface area contributed by atoms with E-state index in [1.807, 2.05) is 18.2 Å². The second-order valence-corrected chi connectivity index (χ2v) is 6.09. The van der Waals surface area contributed by atoms with Crippen LogP contribution >= 0.6 is 27.5 Å². The minimum Gasteiger partial charge on any atom is -0.306 e. The van der Waals surface area contributed by atoms with Crippen LogP contribution in [0.15, 0.2) is 46.9 Å². The lowest BCUT2D eigenvalue weighted by atomic mass is 9.97. The molecule has 0 fully saturated rings. The Hall–Kier alpha value is -0.830. The third kappa shape index (κ3) is 3.43. The zero-order valence-electron chi connectivity index (χ0n) is 11.8. The van der Waals surface area contributed by atoms with Crippen LogP contribution in [-0.2, 0) is 0 Å². The van der Waals surface area contributed by atoms with Gasteiger partial charge in [0.15, 0.2) is 0 Å². The molecule has 2 rings (SSSR count). The second-order valence-electron chi connectivity index (χ2n) is 4.89. The van der Waals surface area contributed by atoms with Gasteiger partial charge in [0.25, 0.3) is 0 Å². The lowest BCUT2D eigenvalue weighted by Gasteiger charge is -2.22. The molecule has 1 atom stereocenters. The van der Waals surface area contributed by atoms with Crippen LogP contribution in [0.25, 0.3) is 0 Å². The topological polar surface area (TPSA) is 12.0 Å². The van der Waals surface area contributed by atoms with Crippen LogP contribution in [0.4, 0.5) is 0 Å². The first-order chi connectivity index (χ1) is 9.65. The van der Waals surface area contributed by atoms with E-state index < -0.39 is 0 Å². The number of rotatable bonds is 5. The van der Waals surface area contributed by atoms with Gasteiger partial charge in [0, 0.05) is 9.50 Å². The highest BCUT2D eigenvalue weighted by Gasteiger charge is 2.18. The molecule has 20 heavy (non-hydrogen) atoms. The zero-order valence-corrected chi connectivity index (χ0v) is 14.1. The van der Waals surface area contributed by atoms with Crippen molar-refractivity contribution >= 4 is 27.5 Å². The number of hydrogen-bond acceptors (Lipinski definition) is 1. The molecule has 0 saturated heterocycles. The van der Waals surface area contributed by atoms with E-state index in [-0.39, 0.29) is 6.04 Å². The van der Waals surface area contributed by atoms with Crippen molar-refractivity contribution in [2.45, 2.75) is 26.3 Å². The number of hydrogen-bond donors (Lipinski definition) is 1. The molecule has 2 aromatic carbocycles. The predicted octanol–water partition coefficient (Wildman–Crippen LogP) is 5.50. The minimum atomic E-state index is 0.109. The highest BCUT2D eigenvalue weighted by atomic mass is 79.9. The van der Waals surface area contributed by atoms with Gasteiger partial charge in [-0.05, 0) is 42.6 Å². The van der Waals surface area contributed by atoms with Crippen molar-refractivity contribution in [2.75, 3.05) is 6.54 Å². The summed E-state index contributed by atoms with van der Waals surface area (Å²) in [6.45, 7) is 5.23. The van der Waals surface area contributed by atoms with E-state index in [1.165, 1.54) is 11.1 Å². The molecule has 0 aromatic heterocycles. The molecule has 0 radical (unpaired) electrons. The number of benzene rings is 2. The van der Waals surface area contributed by atoms with Gasteiger partial charge in [-0.3, -0.25) is 0 Å². The first-order valence-electron chi connectivity index (χ1n) is 6.88. The van der Waals surface area contributed by atoms with Crippen molar-refractivity contribution < 1.29 is 0 Å². The van der Waals surface area contributed by atoms with Crippen LogP contribution < -0.4 is 5.32 Å². The second kappa shape index (κ2) is 7.26. The summed E-state index contributed by atoms with van der Waals surface area (Å²) in [6.07, 6.45) is 1.09. The van der Waals surface area contributed by atoms with Crippen LogP contribution in [0.1, 0.15) is 36.1 Å². The average molecular weight is 353 g/mol. The summed E-state index contributed by atoms with van der Waals surface area (Å²) >= 11 is 10.1. The van der Waals surface area contributed by atoms with E-state index in [0.29, 0.717) is 0 Å². The maximum absolute atomic E-state index is 6.38. The molecule has 0 amide bonds. The lowest BCUT2D eigenvalue weighted by molar-refractivity contribution is 0.596. The van der Waals surface area contributed by atoms with Gasteiger partial charge in [-0.25, -0.2) is 0 Å². The van der Waals surface area contributed by atoms with E-state index in [9.17, 15) is 0 Å². The molecule has 3 heteroatoms. The first-order valence-corrected chi connectivity index (χ1v) is 8.05. The highest BCUT2D eigenvalue weighted by Crippen LogP contribution is 2.33. The maximum atomic E-state index is 6.38. The Morgan fingerprint density at radius 3 is 2.50 bits per heavy atom. The van der Waals surface area contributed by atoms with Gasteiger partial charge >= 0.3 is 0 Å². The Bertz CT molecular complexity index is 583. The molecule has 0 aliphatic rings. The predicted molar refractivity (Wildman–Crippen MR) is 90.5 cm³/mol. The van der Waals surface area contributed by atoms with Gasteiger partial charge in [-0.2, -0.15) is 0 Å². The monoisotopic (exact) mass is 351 g/mol. The smallest absolute Gasteiger partial charge is 0.0602 e. The molecule has 0 aliphatic carbocycles. The van der Waals surface area contributed by atoms with Crippen molar-refractivity contribution in [2.24, 2.45) is 0 Å². The van der Waals surface area contributed by atoms with Gasteiger partial charge in [0.1, 0.15) is 0 Å². The summed E-state index contributed by atoms with van der Waals surface area (Å²) in [7, 11) is 0.